The van der Waals surface area contributed by atoms with E-state index in [0.717, 1.165) is 0 Å². The van der Waals surface area contributed by atoms with Crippen LogP contribution < -0.4 is 5.32 Å². The van der Waals surface area contributed by atoms with Gasteiger partial charge in [0, 0.05) is 18.5 Å². The fourth-order valence-electron chi connectivity index (χ4n) is 1.94. The number of carbonyl (C=O) groups excluding carboxylic acids is 2. The van der Waals surface area contributed by atoms with Crippen molar-refractivity contribution in [2.45, 2.75) is 51.9 Å². The average Bonchev–Trinajstić information content (AvgIpc) is 2.49. The van der Waals surface area contributed by atoms with Gasteiger partial charge in [0.25, 0.3) is 0 Å². The molecular formula is C17H25NO5. The van der Waals surface area contributed by atoms with Crippen molar-refractivity contribution in [3.63, 3.8) is 0 Å². The summed E-state index contributed by atoms with van der Waals surface area (Å²) >= 11 is 0. The highest BCUT2D eigenvalue weighted by Gasteiger charge is 2.22. The van der Waals surface area contributed by atoms with Crippen molar-refractivity contribution in [1.82, 2.24) is 5.32 Å². The Morgan fingerprint density at radius 1 is 1.26 bits per heavy atom. The van der Waals surface area contributed by atoms with Gasteiger partial charge in [0.15, 0.2) is 5.78 Å². The smallest absolute Gasteiger partial charge is 0.407 e. The van der Waals surface area contributed by atoms with Gasteiger partial charge in [-0.25, -0.2) is 4.79 Å². The van der Waals surface area contributed by atoms with Gasteiger partial charge in [-0.1, -0.05) is 25.1 Å². The third-order valence-corrected chi connectivity index (χ3v) is 3.09. The van der Waals surface area contributed by atoms with E-state index in [1.165, 1.54) is 0 Å². The maximum Gasteiger partial charge on any atom is 0.407 e. The number of ether oxygens (including phenoxy) is 1. The zero-order valence-corrected chi connectivity index (χ0v) is 14.0. The van der Waals surface area contributed by atoms with Gasteiger partial charge in [-0.05, 0) is 32.4 Å². The molecule has 0 bridgehead atoms. The molecule has 1 rings (SSSR count). The molecular weight excluding hydrogens is 298 g/mol. The molecule has 1 amide bonds. The van der Waals surface area contributed by atoms with Crippen LogP contribution in [-0.2, 0) is 4.74 Å². The molecule has 0 aromatic heterocycles. The Hall–Kier alpha value is -1.92. The third kappa shape index (κ3) is 6.38. The van der Waals surface area contributed by atoms with E-state index in [1.807, 2.05) is 0 Å². The number of Topliss-reactive ketones (excluding diaryl/α,β-unsaturated/α-hetero) is 1. The number of aliphatic hydroxyl groups is 2. The van der Waals surface area contributed by atoms with Crippen LogP contribution in [0, 0.1) is 0 Å². The summed E-state index contributed by atoms with van der Waals surface area (Å²) in [6.45, 7) is 6.78. The predicted octanol–water partition coefficient (Wildman–Crippen LogP) is 2.20. The van der Waals surface area contributed by atoms with Crippen LogP contribution in [0.1, 0.15) is 56.1 Å². The van der Waals surface area contributed by atoms with Crippen molar-refractivity contribution in [3.05, 3.63) is 35.4 Å². The van der Waals surface area contributed by atoms with Gasteiger partial charge in [-0.2, -0.15) is 0 Å². The van der Waals surface area contributed by atoms with Crippen LogP contribution in [0.3, 0.4) is 0 Å². The Labute approximate surface area is 136 Å². The molecule has 3 N–H and O–H groups in total. The molecule has 128 valence electrons. The number of alkyl carbamates (subject to hydrolysis) is 1. The van der Waals surface area contributed by atoms with E-state index >= 15 is 0 Å². The summed E-state index contributed by atoms with van der Waals surface area (Å²) in [5.41, 5.74) is 0.266. The van der Waals surface area contributed by atoms with Crippen LogP contribution in [0.5, 0.6) is 0 Å². The monoisotopic (exact) mass is 323 g/mol. The number of hydrogen-bond acceptors (Lipinski definition) is 5. The van der Waals surface area contributed by atoms with E-state index < -0.39 is 23.9 Å². The summed E-state index contributed by atoms with van der Waals surface area (Å²) in [5.74, 6) is -0.0413. The van der Waals surface area contributed by atoms with Crippen molar-refractivity contribution in [2.24, 2.45) is 0 Å². The van der Waals surface area contributed by atoms with Crippen LogP contribution in [0.2, 0.25) is 0 Å². The summed E-state index contributed by atoms with van der Waals surface area (Å²) in [4.78, 5) is 23.2. The standard InChI is InChI=1S/C17H25NO5/c1-5-13(19)11-7-6-8-12(9-11)15(21)14(20)10-18-16(22)23-17(2,3)4/h6-9,14-15,20-21H,5,10H2,1-4H3,(H,18,22). The Morgan fingerprint density at radius 2 is 1.91 bits per heavy atom. The molecule has 0 aliphatic carbocycles. The van der Waals surface area contributed by atoms with E-state index in [-0.39, 0.29) is 12.3 Å². The number of hydrogen-bond donors (Lipinski definition) is 3. The van der Waals surface area contributed by atoms with Crippen LogP contribution in [-0.4, -0.2) is 40.3 Å². The first-order valence-corrected chi connectivity index (χ1v) is 7.60. The van der Waals surface area contributed by atoms with Gasteiger partial charge in [0.1, 0.15) is 17.8 Å². The first-order valence-electron chi connectivity index (χ1n) is 7.60. The van der Waals surface area contributed by atoms with Gasteiger partial charge in [-0.15, -0.1) is 0 Å². The Balaban J connectivity index is 2.65. The highest BCUT2D eigenvalue weighted by atomic mass is 16.6. The predicted molar refractivity (Wildman–Crippen MR) is 86.3 cm³/mol. The first kappa shape index (κ1) is 19.1. The van der Waals surface area contributed by atoms with E-state index in [1.54, 1.807) is 52.0 Å². The Bertz CT molecular complexity index is 550. The minimum absolute atomic E-state index is 0.0413. The van der Waals surface area contributed by atoms with Crippen LogP contribution in [0.25, 0.3) is 0 Å². The number of benzene rings is 1. The molecule has 0 radical (unpaired) electrons. The maximum absolute atomic E-state index is 11.7. The van der Waals surface area contributed by atoms with Crippen molar-refractivity contribution >= 4 is 11.9 Å². The lowest BCUT2D eigenvalue weighted by Crippen LogP contribution is -2.38. The van der Waals surface area contributed by atoms with Crippen molar-refractivity contribution in [1.29, 1.82) is 0 Å². The van der Waals surface area contributed by atoms with Crippen LogP contribution >= 0.6 is 0 Å². The summed E-state index contributed by atoms with van der Waals surface area (Å²) < 4.78 is 5.05. The van der Waals surface area contributed by atoms with Crippen LogP contribution in [0.4, 0.5) is 4.79 Å². The molecule has 2 atom stereocenters. The summed E-state index contributed by atoms with van der Waals surface area (Å²) in [6.07, 6.45) is -2.73. The summed E-state index contributed by atoms with van der Waals surface area (Å²) in [5, 5.41) is 22.6. The molecule has 1 aromatic rings. The maximum atomic E-state index is 11.7. The topological polar surface area (TPSA) is 95.9 Å². The molecule has 0 aliphatic heterocycles. The number of aliphatic hydroxyl groups excluding tert-OH is 2. The van der Waals surface area contributed by atoms with Crippen LogP contribution in [0.15, 0.2) is 24.3 Å². The minimum atomic E-state index is -1.21. The minimum Gasteiger partial charge on any atom is -0.444 e. The highest BCUT2D eigenvalue weighted by Crippen LogP contribution is 2.19. The van der Waals surface area contributed by atoms with E-state index in [4.69, 9.17) is 4.74 Å². The van der Waals surface area contributed by atoms with Crippen molar-refractivity contribution in [2.75, 3.05) is 6.54 Å². The summed E-state index contributed by atoms with van der Waals surface area (Å²) in [7, 11) is 0. The van der Waals surface area contributed by atoms with Gasteiger partial charge in [0.2, 0.25) is 0 Å². The zero-order valence-electron chi connectivity index (χ0n) is 14.0. The Kier molecular flexibility index (Phi) is 6.72. The molecule has 0 fully saturated rings. The number of nitrogens with one attached hydrogen (secondary N) is 1. The van der Waals surface area contributed by atoms with E-state index in [2.05, 4.69) is 5.32 Å². The molecule has 0 saturated heterocycles. The fourth-order valence-corrected chi connectivity index (χ4v) is 1.94. The lowest BCUT2D eigenvalue weighted by atomic mass is 9.99. The second-order valence-electron chi connectivity index (χ2n) is 6.30. The highest BCUT2D eigenvalue weighted by molar-refractivity contribution is 5.95. The zero-order chi connectivity index (χ0) is 17.6. The lowest BCUT2D eigenvalue weighted by Gasteiger charge is -2.22. The SMILES string of the molecule is CCC(=O)c1cccc(C(O)C(O)CNC(=O)OC(C)(C)C)c1. The second kappa shape index (κ2) is 8.08. The van der Waals surface area contributed by atoms with Crippen molar-refractivity contribution < 1.29 is 24.5 Å². The van der Waals surface area contributed by atoms with Gasteiger partial charge < -0.3 is 20.3 Å². The summed E-state index contributed by atoms with van der Waals surface area (Å²) in [6, 6.07) is 6.48. The van der Waals surface area contributed by atoms with E-state index in [0.29, 0.717) is 17.5 Å². The number of carbonyl (C=O) groups is 2. The second-order valence-corrected chi connectivity index (χ2v) is 6.30. The third-order valence-electron chi connectivity index (χ3n) is 3.09. The fraction of sp³-hybridized carbons (Fsp3) is 0.529. The molecule has 0 aliphatic rings. The van der Waals surface area contributed by atoms with Gasteiger partial charge in [-0.3, -0.25) is 4.79 Å². The van der Waals surface area contributed by atoms with Gasteiger partial charge in [0.05, 0.1) is 0 Å². The number of ketones is 1. The molecule has 2 unspecified atom stereocenters. The molecule has 0 saturated carbocycles. The molecule has 6 nitrogen and oxygen atoms in total. The first-order chi connectivity index (χ1) is 10.6. The molecule has 23 heavy (non-hydrogen) atoms. The average molecular weight is 323 g/mol. The quantitative estimate of drug-likeness (QED) is 0.698. The number of amides is 1. The molecule has 0 spiro atoms. The molecule has 1 aromatic carbocycles. The number of rotatable bonds is 6. The van der Waals surface area contributed by atoms with Gasteiger partial charge >= 0.3 is 6.09 Å². The molecule has 0 heterocycles. The lowest BCUT2D eigenvalue weighted by molar-refractivity contribution is 0.0129. The van der Waals surface area contributed by atoms with E-state index in [9.17, 15) is 19.8 Å². The molecule has 6 heteroatoms. The van der Waals surface area contributed by atoms with Crippen molar-refractivity contribution in [3.8, 4) is 0 Å². The normalized spacial score (nSPS) is 14.0. The largest absolute Gasteiger partial charge is 0.444 e. The Morgan fingerprint density at radius 3 is 2.48 bits per heavy atom.